The van der Waals surface area contributed by atoms with Crippen molar-refractivity contribution in [3.05, 3.63) is 25.3 Å². The molecule has 6 heteroatoms. The fraction of sp³-hybridized carbons (Fsp3) is 0.688. The average molecular weight is 315 g/mol. The molecule has 0 bridgehead atoms. The van der Waals surface area contributed by atoms with Gasteiger partial charge < -0.3 is 24.2 Å². The van der Waals surface area contributed by atoms with Gasteiger partial charge in [-0.25, -0.2) is 4.79 Å². The first-order chi connectivity index (χ1) is 10.2. The van der Waals surface area contributed by atoms with Crippen LogP contribution in [0.4, 0.5) is 4.79 Å². The van der Waals surface area contributed by atoms with Crippen LogP contribution in [-0.4, -0.2) is 67.3 Å². The Morgan fingerprint density at radius 2 is 1.86 bits per heavy atom. The monoisotopic (exact) mass is 315 g/mol. The minimum atomic E-state index is -0.904. The minimum absolute atomic E-state index is 0.195. The quantitative estimate of drug-likeness (QED) is 0.659. The van der Waals surface area contributed by atoms with Crippen molar-refractivity contribution in [1.29, 1.82) is 0 Å². The fourth-order valence-electron chi connectivity index (χ4n) is 1.88. The molecule has 0 heterocycles. The summed E-state index contributed by atoms with van der Waals surface area (Å²) in [5.74, 6) is 0. The highest BCUT2D eigenvalue weighted by molar-refractivity contribution is 5.68. The number of amides is 1. The maximum atomic E-state index is 12.2. The van der Waals surface area contributed by atoms with Gasteiger partial charge in [0.1, 0.15) is 23.9 Å². The van der Waals surface area contributed by atoms with E-state index in [0.29, 0.717) is 6.54 Å². The Kier molecular flexibility index (Phi) is 9.01. The van der Waals surface area contributed by atoms with Gasteiger partial charge in [0, 0.05) is 20.8 Å². The van der Waals surface area contributed by atoms with Gasteiger partial charge in [-0.15, -0.1) is 13.2 Å². The summed E-state index contributed by atoms with van der Waals surface area (Å²) in [5.41, 5.74) is -0.597. The van der Waals surface area contributed by atoms with Gasteiger partial charge >= 0.3 is 6.09 Å². The van der Waals surface area contributed by atoms with Gasteiger partial charge in [0.05, 0.1) is 6.54 Å². The van der Waals surface area contributed by atoms with Gasteiger partial charge in [0.15, 0.2) is 0 Å². The number of rotatable bonds is 9. The van der Waals surface area contributed by atoms with Crippen LogP contribution < -0.4 is 0 Å². The second kappa shape index (κ2) is 9.61. The largest absolute Gasteiger partial charge is 0.444 e. The van der Waals surface area contributed by atoms with Crippen molar-refractivity contribution in [2.75, 3.05) is 27.3 Å². The molecule has 0 unspecified atom stereocenters. The first-order valence-electron chi connectivity index (χ1n) is 7.15. The zero-order valence-electron chi connectivity index (χ0n) is 14.2. The molecule has 0 saturated heterocycles. The van der Waals surface area contributed by atoms with E-state index in [2.05, 4.69) is 13.2 Å². The molecule has 1 amide bonds. The number of methoxy groups -OCH3 is 2. The predicted octanol–water partition coefficient (Wildman–Crippen LogP) is 1.99. The van der Waals surface area contributed by atoms with Crippen LogP contribution in [0.3, 0.4) is 0 Å². The Morgan fingerprint density at radius 3 is 2.23 bits per heavy atom. The topological polar surface area (TPSA) is 68.2 Å². The molecule has 22 heavy (non-hydrogen) atoms. The molecule has 0 rings (SSSR count). The van der Waals surface area contributed by atoms with E-state index in [-0.39, 0.29) is 6.54 Å². The van der Waals surface area contributed by atoms with Crippen LogP contribution in [0.1, 0.15) is 20.8 Å². The molecule has 128 valence electrons. The van der Waals surface area contributed by atoms with Crippen LogP contribution >= 0.6 is 0 Å². The van der Waals surface area contributed by atoms with Crippen LogP contribution in [0, 0.1) is 0 Å². The maximum Gasteiger partial charge on any atom is 0.410 e. The van der Waals surface area contributed by atoms with Gasteiger partial charge in [0.25, 0.3) is 0 Å². The van der Waals surface area contributed by atoms with Gasteiger partial charge in [-0.05, 0) is 20.8 Å². The molecule has 0 aliphatic heterocycles. The van der Waals surface area contributed by atoms with Crippen molar-refractivity contribution in [3.63, 3.8) is 0 Å². The molecular weight excluding hydrogens is 286 g/mol. The molecule has 0 fully saturated rings. The summed E-state index contributed by atoms with van der Waals surface area (Å²) < 4.78 is 16.0. The van der Waals surface area contributed by atoms with Crippen LogP contribution in [0.5, 0.6) is 0 Å². The van der Waals surface area contributed by atoms with Crippen LogP contribution in [-0.2, 0) is 14.2 Å². The number of ether oxygens (including phenoxy) is 3. The van der Waals surface area contributed by atoms with Crippen molar-refractivity contribution >= 4 is 6.09 Å². The molecule has 0 aromatic heterocycles. The highest BCUT2D eigenvalue weighted by atomic mass is 16.6. The summed E-state index contributed by atoms with van der Waals surface area (Å²) in [6, 6.07) is 0. The number of nitrogens with zero attached hydrogens (tertiary/aromatic N) is 1. The Balaban J connectivity index is 5.05. The number of aliphatic hydroxyl groups is 1. The second-order valence-electron chi connectivity index (χ2n) is 5.87. The minimum Gasteiger partial charge on any atom is -0.444 e. The Hall–Kier alpha value is -1.37. The molecule has 0 spiro atoms. The van der Waals surface area contributed by atoms with Crippen molar-refractivity contribution < 1.29 is 24.1 Å². The van der Waals surface area contributed by atoms with E-state index in [1.165, 1.54) is 25.2 Å². The van der Waals surface area contributed by atoms with Crippen LogP contribution in [0.15, 0.2) is 25.3 Å². The summed E-state index contributed by atoms with van der Waals surface area (Å²) in [4.78, 5) is 13.7. The third kappa shape index (κ3) is 7.06. The standard InChI is InChI=1S/C16H29NO5/c1-8-10-17(15(19)22-16(3,4)5)11-13(20-6)14(21-7)12(18)9-2/h8-9,12-14,18H,1-2,10-11H2,3-7H3/t12-,13+,14+/m1/s1. The number of hydrogen-bond donors (Lipinski definition) is 1. The SMILES string of the molecule is C=CCN(C[C@H](OC)[C@@H](OC)[C@H](O)C=C)C(=O)OC(C)(C)C. The van der Waals surface area contributed by atoms with E-state index in [9.17, 15) is 9.90 Å². The lowest BCUT2D eigenvalue weighted by atomic mass is 10.1. The maximum absolute atomic E-state index is 12.2. The lowest BCUT2D eigenvalue weighted by Crippen LogP contribution is -2.48. The Bertz CT molecular complexity index is 364. The molecular formula is C16H29NO5. The van der Waals surface area contributed by atoms with Gasteiger partial charge in [-0.3, -0.25) is 0 Å². The highest BCUT2D eigenvalue weighted by Gasteiger charge is 2.31. The molecule has 0 saturated carbocycles. The molecule has 1 N–H and O–H groups in total. The lowest BCUT2D eigenvalue weighted by Gasteiger charge is -2.33. The Morgan fingerprint density at radius 1 is 1.27 bits per heavy atom. The summed E-state index contributed by atoms with van der Waals surface area (Å²) in [6.07, 6.45) is 0.410. The summed E-state index contributed by atoms with van der Waals surface area (Å²) >= 11 is 0. The zero-order chi connectivity index (χ0) is 17.3. The fourth-order valence-corrected chi connectivity index (χ4v) is 1.88. The molecule has 0 aromatic carbocycles. The Labute approximate surface area is 133 Å². The van der Waals surface area contributed by atoms with Gasteiger partial charge in [0.2, 0.25) is 0 Å². The third-order valence-corrected chi connectivity index (χ3v) is 2.92. The number of carbonyl (C=O) groups is 1. The number of aliphatic hydroxyl groups excluding tert-OH is 1. The molecule has 0 aromatic rings. The number of hydrogen-bond acceptors (Lipinski definition) is 5. The van der Waals surface area contributed by atoms with E-state index >= 15 is 0 Å². The molecule has 0 aliphatic carbocycles. The molecule has 0 radical (unpaired) electrons. The van der Waals surface area contributed by atoms with Crippen LogP contribution in [0.2, 0.25) is 0 Å². The van der Waals surface area contributed by atoms with E-state index in [1.54, 1.807) is 26.8 Å². The number of carbonyl (C=O) groups excluding carboxylic acids is 1. The van der Waals surface area contributed by atoms with Crippen molar-refractivity contribution in [2.45, 2.75) is 44.7 Å². The first kappa shape index (κ1) is 20.6. The van der Waals surface area contributed by atoms with Crippen molar-refractivity contribution in [1.82, 2.24) is 4.90 Å². The molecule has 6 nitrogen and oxygen atoms in total. The van der Waals surface area contributed by atoms with E-state index in [4.69, 9.17) is 14.2 Å². The third-order valence-electron chi connectivity index (χ3n) is 2.92. The normalized spacial score (nSPS) is 15.5. The van der Waals surface area contributed by atoms with Crippen molar-refractivity contribution in [2.24, 2.45) is 0 Å². The van der Waals surface area contributed by atoms with Crippen LogP contribution in [0.25, 0.3) is 0 Å². The molecule has 0 aliphatic rings. The van der Waals surface area contributed by atoms with E-state index < -0.39 is 30.0 Å². The summed E-state index contributed by atoms with van der Waals surface area (Å²) in [5, 5.41) is 9.91. The lowest BCUT2D eigenvalue weighted by molar-refractivity contribution is -0.0900. The van der Waals surface area contributed by atoms with Gasteiger partial charge in [-0.1, -0.05) is 12.2 Å². The smallest absolute Gasteiger partial charge is 0.410 e. The summed E-state index contributed by atoms with van der Waals surface area (Å²) in [7, 11) is 2.96. The van der Waals surface area contributed by atoms with E-state index in [1.807, 2.05) is 0 Å². The second-order valence-corrected chi connectivity index (χ2v) is 5.87. The van der Waals surface area contributed by atoms with Gasteiger partial charge in [-0.2, -0.15) is 0 Å². The zero-order valence-corrected chi connectivity index (χ0v) is 14.2. The van der Waals surface area contributed by atoms with E-state index in [0.717, 1.165) is 0 Å². The molecule has 3 atom stereocenters. The highest BCUT2D eigenvalue weighted by Crippen LogP contribution is 2.14. The average Bonchev–Trinajstić information content (AvgIpc) is 2.43. The predicted molar refractivity (Wildman–Crippen MR) is 85.8 cm³/mol. The summed E-state index contributed by atoms with van der Waals surface area (Å²) in [6.45, 7) is 13.1. The van der Waals surface area contributed by atoms with Crippen molar-refractivity contribution in [3.8, 4) is 0 Å². The first-order valence-corrected chi connectivity index (χ1v) is 7.15.